The maximum Gasteiger partial charge on any atom is 0.251 e. The molecule has 1 atom stereocenters. The number of unbranched alkanes of at least 4 members (excludes halogenated alkanes) is 1. The van der Waals surface area contributed by atoms with Gasteiger partial charge in [0.05, 0.1) is 11.9 Å². The van der Waals surface area contributed by atoms with Gasteiger partial charge in [0.15, 0.2) is 0 Å². The highest BCUT2D eigenvalue weighted by molar-refractivity contribution is 7.92. The van der Waals surface area contributed by atoms with Gasteiger partial charge in [-0.05, 0) is 67.9 Å². The maximum absolute atomic E-state index is 12.2. The molecule has 0 aliphatic heterocycles. The van der Waals surface area contributed by atoms with Crippen molar-refractivity contribution in [1.29, 1.82) is 0 Å². The minimum Gasteiger partial charge on any atom is -0.506 e. The van der Waals surface area contributed by atoms with Crippen molar-refractivity contribution < 1.29 is 28.2 Å². The van der Waals surface area contributed by atoms with Gasteiger partial charge in [0, 0.05) is 30.8 Å². The van der Waals surface area contributed by atoms with Crippen LogP contribution in [0, 0.1) is 0 Å². The Hall–Kier alpha value is -2.82. The summed E-state index contributed by atoms with van der Waals surface area (Å²) < 4.78 is 30.6. The highest BCUT2D eigenvalue weighted by Gasteiger charge is 2.23. The van der Waals surface area contributed by atoms with Crippen molar-refractivity contribution in [3.8, 4) is 11.5 Å². The highest BCUT2D eigenvalue weighted by Crippen LogP contribution is 2.33. The van der Waals surface area contributed by atoms with Gasteiger partial charge in [0.1, 0.15) is 24.2 Å². The average molecular weight is 534 g/mol. The molecule has 1 amide bonds. The Labute approximate surface area is 219 Å². The molecule has 0 bridgehead atoms. The van der Waals surface area contributed by atoms with Crippen molar-refractivity contribution in [2.24, 2.45) is 0 Å². The number of phenolic OH excluding ortho intramolecular Hbond substituents is 1. The largest absolute Gasteiger partial charge is 0.506 e. The van der Waals surface area contributed by atoms with E-state index in [0.29, 0.717) is 36.4 Å². The molecule has 9 nitrogen and oxygen atoms in total. The first-order valence-corrected chi connectivity index (χ1v) is 14.8. The van der Waals surface area contributed by atoms with Crippen LogP contribution in [0.3, 0.4) is 0 Å². The molecule has 0 heterocycles. The van der Waals surface area contributed by atoms with E-state index in [1.54, 1.807) is 0 Å². The number of carbonyl (C=O) groups excluding carboxylic acids is 1. The van der Waals surface area contributed by atoms with Crippen LogP contribution in [0.4, 0.5) is 5.69 Å². The van der Waals surface area contributed by atoms with Gasteiger partial charge in [0.25, 0.3) is 5.91 Å². The van der Waals surface area contributed by atoms with E-state index >= 15 is 0 Å². The average Bonchev–Trinajstić information content (AvgIpc) is 2.87. The third-order valence-corrected chi connectivity index (χ3v) is 7.13. The number of rotatable bonds is 13. The number of carbonyl (C=O) groups is 1. The summed E-state index contributed by atoms with van der Waals surface area (Å²) in [5.41, 5.74) is 1.98. The molecule has 2 aromatic carbocycles. The SMILES string of the molecule is CCCCNC(=O)c1ccc([C@H]2CC[C@H](NC[C@H](O)COc3ccc(O)c(NS(C)(=O)=O)c3)CC2)cc1. The molecule has 1 saturated carbocycles. The quantitative estimate of drug-likeness (QED) is 0.197. The summed E-state index contributed by atoms with van der Waals surface area (Å²) in [6.45, 7) is 3.21. The number of phenols is 1. The number of amides is 1. The van der Waals surface area contributed by atoms with Crippen molar-refractivity contribution in [2.45, 2.75) is 63.5 Å². The number of anilines is 1. The topological polar surface area (TPSA) is 137 Å². The summed E-state index contributed by atoms with van der Waals surface area (Å²) in [5, 5.41) is 26.5. The van der Waals surface area contributed by atoms with Crippen LogP contribution in [0.5, 0.6) is 11.5 Å². The standard InChI is InChI=1S/C27H39N3O6S/c1-3-4-15-28-27(33)21-7-5-19(6-8-21)20-9-11-22(12-10-20)29-17-23(31)18-36-24-13-14-26(32)25(16-24)30-37(2,34)35/h5-8,13-14,16,20,22-23,29-32H,3-4,9-12,15,17-18H2,1-2H3,(H,28,33)/t20-,22-,23-/m0/s1. The second kappa shape index (κ2) is 13.6. The number of sulfonamides is 1. The molecule has 37 heavy (non-hydrogen) atoms. The number of ether oxygens (including phenoxy) is 1. The minimum absolute atomic E-state index is 0.0214. The molecule has 204 valence electrons. The fraction of sp³-hybridized carbons (Fsp3) is 0.519. The van der Waals surface area contributed by atoms with Gasteiger partial charge < -0.3 is 25.6 Å². The number of hydrogen-bond donors (Lipinski definition) is 5. The molecule has 0 spiro atoms. The molecule has 1 aliphatic carbocycles. The number of aliphatic hydroxyl groups excluding tert-OH is 1. The molecule has 3 rings (SSSR count). The molecule has 1 fully saturated rings. The normalized spacial score (nSPS) is 18.7. The van der Waals surface area contributed by atoms with E-state index in [2.05, 4.69) is 34.4 Å². The number of benzene rings is 2. The number of hydrogen-bond acceptors (Lipinski definition) is 7. The molecular formula is C27H39N3O6S. The summed E-state index contributed by atoms with van der Waals surface area (Å²) in [6.07, 6.45) is 6.35. The predicted molar refractivity (Wildman–Crippen MR) is 145 cm³/mol. The van der Waals surface area contributed by atoms with E-state index in [1.165, 1.54) is 23.8 Å². The lowest BCUT2D eigenvalue weighted by Crippen LogP contribution is -2.39. The van der Waals surface area contributed by atoms with Gasteiger partial charge in [-0.2, -0.15) is 0 Å². The van der Waals surface area contributed by atoms with Crippen LogP contribution in [-0.4, -0.2) is 62.6 Å². The smallest absolute Gasteiger partial charge is 0.251 e. The number of nitrogens with one attached hydrogen (secondary N) is 3. The molecule has 1 aliphatic rings. The first-order valence-electron chi connectivity index (χ1n) is 12.9. The van der Waals surface area contributed by atoms with E-state index < -0.39 is 16.1 Å². The monoisotopic (exact) mass is 533 g/mol. The van der Waals surface area contributed by atoms with Gasteiger partial charge in [-0.15, -0.1) is 0 Å². The second-order valence-corrected chi connectivity index (χ2v) is 11.5. The van der Waals surface area contributed by atoms with Crippen LogP contribution in [0.1, 0.15) is 67.3 Å². The van der Waals surface area contributed by atoms with Crippen molar-refractivity contribution >= 4 is 21.6 Å². The summed E-state index contributed by atoms with van der Waals surface area (Å²) in [4.78, 5) is 12.2. The van der Waals surface area contributed by atoms with Crippen molar-refractivity contribution in [3.05, 3.63) is 53.6 Å². The molecule has 10 heteroatoms. The summed E-state index contributed by atoms with van der Waals surface area (Å²) in [5.74, 6) is 0.576. The fourth-order valence-corrected chi connectivity index (χ4v) is 5.02. The summed E-state index contributed by atoms with van der Waals surface area (Å²) in [6, 6.07) is 12.5. The molecule has 0 saturated heterocycles. The molecule has 2 aromatic rings. The van der Waals surface area contributed by atoms with Crippen LogP contribution in [0.25, 0.3) is 0 Å². The Kier molecular flexibility index (Phi) is 10.6. The lowest BCUT2D eigenvalue weighted by atomic mass is 9.81. The van der Waals surface area contributed by atoms with Crippen molar-refractivity contribution in [2.75, 3.05) is 30.7 Å². The number of aliphatic hydroxyl groups is 1. The van der Waals surface area contributed by atoms with Gasteiger partial charge in [0.2, 0.25) is 10.0 Å². The van der Waals surface area contributed by atoms with Crippen LogP contribution < -0.4 is 20.1 Å². The van der Waals surface area contributed by atoms with E-state index in [4.69, 9.17) is 4.74 Å². The Morgan fingerprint density at radius 1 is 1.11 bits per heavy atom. The minimum atomic E-state index is -3.54. The van der Waals surface area contributed by atoms with E-state index in [9.17, 15) is 23.4 Å². The fourth-order valence-electron chi connectivity index (χ4n) is 4.46. The lowest BCUT2D eigenvalue weighted by molar-refractivity contribution is 0.0953. The lowest BCUT2D eigenvalue weighted by Gasteiger charge is -2.30. The molecule has 0 radical (unpaired) electrons. The zero-order valence-corrected chi connectivity index (χ0v) is 22.4. The number of aromatic hydroxyl groups is 1. The predicted octanol–water partition coefficient (Wildman–Crippen LogP) is 3.35. The Morgan fingerprint density at radius 3 is 2.46 bits per heavy atom. The first-order chi connectivity index (χ1) is 17.6. The third-order valence-electron chi connectivity index (χ3n) is 6.54. The van der Waals surface area contributed by atoms with Crippen molar-refractivity contribution in [1.82, 2.24) is 10.6 Å². The second-order valence-electron chi connectivity index (χ2n) is 9.71. The molecular weight excluding hydrogens is 494 g/mol. The summed E-state index contributed by atoms with van der Waals surface area (Å²) in [7, 11) is -3.54. The van der Waals surface area contributed by atoms with Gasteiger partial charge in [-0.25, -0.2) is 8.42 Å². The Morgan fingerprint density at radius 2 is 1.81 bits per heavy atom. The van der Waals surface area contributed by atoms with Gasteiger partial charge in [-0.1, -0.05) is 25.5 Å². The third kappa shape index (κ3) is 9.53. The maximum atomic E-state index is 12.2. The highest BCUT2D eigenvalue weighted by atomic mass is 32.2. The van der Waals surface area contributed by atoms with Crippen LogP contribution >= 0.6 is 0 Å². The molecule has 0 unspecified atom stereocenters. The van der Waals surface area contributed by atoms with E-state index in [0.717, 1.165) is 44.8 Å². The van der Waals surface area contributed by atoms with Crippen LogP contribution in [0.2, 0.25) is 0 Å². The van der Waals surface area contributed by atoms with Gasteiger partial charge in [-0.3, -0.25) is 9.52 Å². The van der Waals surface area contributed by atoms with E-state index in [-0.39, 0.29) is 24.0 Å². The molecule has 5 N–H and O–H groups in total. The van der Waals surface area contributed by atoms with Crippen LogP contribution in [0.15, 0.2) is 42.5 Å². The molecule has 0 aromatic heterocycles. The Balaban J connectivity index is 1.38. The first kappa shape index (κ1) is 28.7. The zero-order chi connectivity index (χ0) is 26.8. The van der Waals surface area contributed by atoms with Crippen molar-refractivity contribution in [3.63, 3.8) is 0 Å². The summed E-state index contributed by atoms with van der Waals surface area (Å²) >= 11 is 0. The zero-order valence-electron chi connectivity index (χ0n) is 21.6. The van der Waals surface area contributed by atoms with Crippen LogP contribution in [-0.2, 0) is 10.0 Å². The Bertz CT molecular complexity index is 1120. The van der Waals surface area contributed by atoms with Gasteiger partial charge >= 0.3 is 0 Å². The van der Waals surface area contributed by atoms with E-state index in [1.807, 2.05) is 12.1 Å².